The minimum atomic E-state index is 0.413. The molecule has 0 unspecified atom stereocenters. The number of nitrogens with zero attached hydrogens (tertiary/aromatic N) is 1. The summed E-state index contributed by atoms with van der Waals surface area (Å²) in [6.45, 7) is 0. The molecule has 2 aromatic rings. The van der Waals surface area contributed by atoms with Crippen LogP contribution in [0.4, 0.5) is 0 Å². The molecule has 1 nitrogen and oxygen atoms in total. The van der Waals surface area contributed by atoms with E-state index < -0.39 is 0 Å². The molecule has 0 saturated heterocycles. The van der Waals surface area contributed by atoms with Crippen LogP contribution in [0.1, 0.15) is 5.56 Å². The molecule has 0 atom stereocenters. The number of fused-ring (bicyclic) bond motifs is 1. The Kier molecular flexibility index (Phi) is 2.81. The molecule has 0 aliphatic carbocycles. The molecule has 2 aromatic carbocycles. The lowest BCUT2D eigenvalue weighted by molar-refractivity contribution is 1.27. The molecule has 0 spiro atoms. The highest BCUT2D eigenvalue weighted by Gasteiger charge is 2.01. The first kappa shape index (κ1) is 10.3. The Balaban J connectivity index is 2.62. The summed E-state index contributed by atoms with van der Waals surface area (Å²) < 4.78 is 0. The minimum absolute atomic E-state index is 0.413. The van der Waals surface area contributed by atoms with Crippen LogP contribution < -0.4 is 0 Å². The second-order valence-corrected chi connectivity index (χ2v) is 4.10. The molecule has 15 heavy (non-hydrogen) atoms. The highest BCUT2D eigenvalue weighted by atomic mass is 35.5. The van der Waals surface area contributed by atoms with Gasteiger partial charge in [0.05, 0.1) is 22.5 Å². The van der Waals surface area contributed by atoms with Crippen molar-refractivity contribution in [1.82, 2.24) is 0 Å². The zero-order chi connectivity index (χ0) is 10.8. The number of hydrogen-bond donors (Lipinski definition) is 0. The van der Waals surface area contributed by atoms with Gasteiger partial charge in [0.1, 0.15) is 0 Å². The van der Waals surface area contributed by atoms with Gasteiger partial charge >= 0.3 is 0 Å². The number of benzene rings is 2. The van der Waals surface area contributed by atoms with E-state index in [1.54, 1.807) is 0 Å². The van der Waals surface area contributed by atoms with Gasteiger partial charge in [-0.05, 0) is 28.5 Å². The fraction of sp³-hybridized carbons (Fsp3) is 0.0833. The van der Waals surface area contributed by atoms with Crippen molar-refractivity contribution in [3.63, 3.8) is 0 Å². The fourth-order valence-electron chi connectivity index (χ4n) is 1.49. The normalized spacial score (nSPS) is 10.2. The Morgan fingerprint density at radius 2 is 1.67 bits per heavy atom. The van der Waals surface area contributed by atoms with Gasteiger partial charge in [-0.1, -0.05) is 41.4 Å². The predicted molar refractivity (Wildman–Crippen MR) is 63.3 cm³/mol. The first-order valence-corrected chi connectivity index (χ1v) is 5.21. The summed E-state index contributed by atoms with van der Waals surface area (Å²) in [5.74, 6) is 0. The van der Waals surface area contributed by atoms with Gasteiger partial charge < -0.3 is 0 Å². The van der Waals surface area contributed by atoms with E-state index in [0.29, 0.717) is 16.5 Å². The number of rotatable bonds is 1. The van der Waals surface area contributed by atoms with E-state index in [1.165, 1.54) is 0 Å². The van der Waals surface area contributed by atoms with Gasteiger partial charge in [0, 0.05) is 0 Å². The largest absolute Gasteiger partial charge is 0.198 e. The third-order valence-electron chi connectivity index (χ3n) is 2.23. The lowest BCUT2D eigenvalue weighted by atomic mass is 10.1. The summed E-state index contributed by atoms with van der Waals surface area (Å²) >= 11 is 11.8. The van der Waals surface area contributed by atoms with Gasteiger partial charge in [0.15, 0.2) is 0 Å². The van der Waals surface area contributed by atoms with Gasteiger partial charge in [-0.3, -0.25) is 0 Å². The third-order valence-corrected chi connectivity index (χ3v) is 2.95. The van der Waals surface area contributed by atoms with Gasteiger partial charge in [0.25, 0.3) is 0 Å². The molecule has 0 aliphatic heterocycles. The predicted octanol–water partition coefficient (Wildman–Crippen LogP) is 4.21. The maximum atomic E-state index is 8.59. The molecule has 0 radical (unpaired) electrons. The Morgan fingerprint density at radius 3 is 2.33 bits per heavy atom. The lowest BCUT2D eigenvalue weighted by Crippen LogP contribution is -1.82. The van der Waals surface area contributed by atoms with Crippen molar-refractivity contribution in [3.8, 4) is 6.07 Å². The van der Waals surface area contributed by atoms with E-state index >= 15 is 0 Å². The van der Waals surface area contributed by atoms with Crippen molar-refractivity contribution < 1.29 is 0 Å². The van der Waals surface area contributed by atoms with Crippen LogP contribution in [0.3, 0.4) is 0 Å². The second-order valence-electron chi connectivity index (χ2n) is 3.28. The number of hydrogen-bond acceptors (Lipinski definition) is 1. The molecule has 0 bridgehead atoms. The summed E-state index contributed by atoms with van der Waals surface area (Å²) in [4.78, 5) is 0. The molecule has 0 fully saturated rings. The van der Waals surface area contributed by atoms with Crippen molar-refractivity contribution in [2.24, 2.45) is 0 Å². The van der Waals surface area contributed by atoms with Crippen LogP contribution in [0.5, 0.6) is 0 Å². The summed E-state index contributed by atoms with van der Waals surface area (Å²) in [6.07, 6.45) is 0.413. The Bertz CT molecular complexity index is 555. The van der Waals surface area contributed by atoms with Crippen molar-refractivity contribution in [2.45, 2.75) is 6.42 Å². The van der Waals surface area contributed by atoms with E-state index in [1.807, 2.05) is 30.3 Å². The fourth-order valence-corrected chi connectivity index (χ4v) is 1.84. The highest BCUT2D eigenvalue weighted by Crippen LogP contribution is 2.28. The van der Waals surface area contributed by atoms with Gasteiger partial charge in [-0.25, -0.2) is 0 Å². The first-order chi connectivity index (χ1) is 7.20. The molecule has 0 N–H and O–H groups in total. The lowest BCUT2D eigenvalue weighted by Gasteiger charge is -2.02. The Hall–Kier alpha value is -1.23. The van der Waals surface area contributed by atoms with E-state index in [2.05, 4.69) is 6.07 Å². The molecule has 0 amide bonds. The molecular formula is C12H7Cl2N. The van der Waals surface area contributed by atoms with Crippen LogP contribution in [-0.4, -0.2) is 0 Å². The smallest absolute Gasteiger partial charge is 0.0669 e. The van der Waals surface area contributed by atoms with Crippen LogP contribution in [0.15, 0.2) is 30.3 Å². The van der Waals surface area contributed by atoms with Crippen molar-refractivity contribution in [1.29, 1.82) is 5.26 Å². The van der Waals surface area contributed by atoms with E-state index in [4.69, 9.17) is 28.5 Å². The summed E-state index contributed by atoms with van der Waals surface area (Å²) in [5.41, 5.74) is 0.989. The van der Waals surface area contributed by atoms with Crippen LogP contribution in [0.25, 0.3) is 10.8 Å². The molecule has 2 rings (SSSR count). The topological polar surface area (TPSA) is 23.8 Å². The first-order valence-electron chi connectivity index (χ1n) is 4.45. The number of halogens is 2. The molecule has 0 heterocycles. The van der Waals surface area contributed by atoms with E-state index in [-0.39, 0.29) is 0 Å². The monoisotopic (exact) mass is 235 g/mol. The van der Waals surface area contributed by atoms with Gasteiger partial charge in [0.2, 0.25) is 0 Å². The quantitative estimate of drug-likeness (QED) is 0.727. The molecular weight excluding hydrogens is 229 g/mol. The molecule has 0 aromatic heterocycles. The Morgan fingerprint density at radius 1 is 1.00 bits per heavy atom. The molecule has 3 heteroatoms. The maximum absolute atomic E-state index is 8.59. The minimum Gasteiger partial charge on any atom is -0.198 e. The van der Waals surface area contributed by atoms with Crippen molar-refractivity contribution in [3.05, 3.63) is 45.9 Å². The zero-order valence-corrected chi connectivity index (χ0v) is 9.31. The van der Waals surface area contributed by atoms with E-state index in [0.717, 1.165) is 16.3 Å². The van der Waals surface area contributed by atoms with Crippen LogP contribution in [0.2, 0.25) is 10.0 Å². The number of nitriles is 1. The zero-order valence-electron chi connectivity index (χ0n) is 7.80. The van der Waals surface area contributed by atoms with Crippen LogP contribution in [-0.2, 0) is 6.42 Å². The van der Waals surface area contributed by atoms with Crippen molar-refractivity contribution in [2.75, 3.05) is 0 Å². The van der Waals surface area contributed by atoms with Gasteiger partial charge in [-0.2, -0.15) is 5.26 Å². The van der Waals surface area contributed by atoms with Gasteiger partial charge in [-0.15, -0.1) is 0 Å². The van der Waals surface area contributed by atoms with E-state index in [9.17, 15) is 0 Å². The third kappa shape index (κ3) is 2.07. The summed E-state index contributed by atoms with van der Waals surface area (Å²) in [6, 6.07) is 11.6. The molecule has 74 valence electrons. The summed E-state index contributed by atoms with van der Waals surface area (Å²) in [5, 5.41) is 11.7. The maximum Gasteiger partial charge on any atom is 0.0669 e. The van der Waals surface area contributed by atoms with Crippen LogP contribution in [0, 0.1) is 11.3 Å². The standard InChI is InChI=1S/C12H7Cl2N/c13-11-6-9-2-1-8(3-4-15)5-10(9)7-12(11)14/h1-2,5-7H,3H2. The van der Waals surface area contributed by atoms with Crippen molar-refractivity contribution >= 4 is 34.0 Å². The SMILES string of the molecule is N#CCc1ccc2cc(Cl)c(Cl)cc2c1. The Labute approximate surface area is 97.8 Å². The molecule has 0 saturated carbocycles. The summed E-state index contributed by atoms with van der Waals surface area (Å²) in [7, 11) is 0. The average molecular weight is 236 g/mol. The molecule has 0 aliphatic rings. The second kappa shape index (κ2) is 4.10. The highest BCUT2D eigenvalue weighted by molar-refractivity contribution is 6.42. The average Bonchev–Trinajstić information content (AvgIpc) is 2.21. The van der Waals surface area contributed by atoms with Crippen LogP contribution >= 0.6 is 23.2 Å².